The first-order valence-electron chi connectivity index (χ1n) is 11.6. The second-order valence-corrected chi connectivity index (χ2v) is 9.24. The fourth-order valence-corrected chi connectivity index (χ4v) is 4.76. The predicted molar refractivity (Wildman–Crippen MR) is 135 cm³/mol. The maximum absolute atomic E-state index is 13.1. The molecule has 3 aromatic carbocycles. The Balaban J connectivity index is 1.24. The van der Waals surface area contributed by atoms with E-state index in [2.05, 4.69) is 56.1 Å². The van der Waals surface area contributed by atoms with Gasteiger partial charge in [0.25, 0.3) is 0 Å². The zero-order valence-electron chi connectivity index (χ0n) is 19.3. The first kappa shape index (κ1) is 23.4. The van der Waals surface area contributed by atoms with Crippen molar-refractivity contribution in [1.82, 2.24) is 14.8 Å². The van der Waals surface area contributed by atoms with Crippen LogP contribution >= 0.6 is 11.8 Å². The van der Waals surface area contributed by atoms with Gasteiger partial charge in [0, 0.05) is 18.8 Å². The highest BCUT2D eigenvalue weighted by atomic mass is 32.2. The van der Waals surface area contributed by atoms with E-state index in [0.29, 0.717) is 19.8 Å². The summed E-state index contributed by atoms with van der Waals surface area (Å²) in [6.45, 7) is 4.17. The first-order valence-corrected chi connectivity index (χ1v) is 12.6. The molecule has 180 valence electrons. The molecule has 35 heavy (non-hydrogen) atoms. The second-order valence-electron chi connectivity index (χ2n) is 8.30. The van der Waals surface area contributed by atoms with Crippen LogP contribution in [0, 0.1) is 5.82 Å². The van der Waals surface area contributed by atoms with Crippen molar-refractivity contribution in [2.75, 3.05) is 31.2 Å². The van der Waals surface area contributed by atoms with Gasteiger partial charge < -0.3 is 14.4 Å². The van der Waals surface area contributed by atoms with Crippen molar-refractivity contribution in [2.45, 2.75) is 24.1 Å². The third kappa shape index (κ3) is 6.21. The average molecular weight is 491 g/mol. The van der Waals surface area contributed by atoms with Gasteiger partial charge in [-0.25, -0.2) is 4.39 Å². The van der Waals surface area contributed by atoms with Gasteiger partial charge in [-0.15, -0.1) is 10.2 Å². The van der Waals surface area contributed by atoms with Crippen molar-refractivity contribution in [3.8, 4) is 5.75 Å². The molecule has 1 saturated heterocycles. The molecule has 0 N–H and O–H groups in total. The third-order valence-electron chi connectivity index (χ3n) is 5.78. The van der Waals surface area contributed by atoms with E-state index in [1.165, 1.54) is 23.3 Å². The highest BCUT2D eigenvalue weighted by Gasteiger charge is 2.21. The van der Waals surface area contributed by atoms with Crippen LogP contribution in [0.15, 0.2) is 84.0 Å². The lowest BCUT2D eigenvalue weighted by Gasteiger charge is -2.28. The fourth-order valence-electron chi connectivity index (χ4n) is 3.87. The molecule has 0 bridgehead atoms. The second kappa shape index (κ2) is 11.4. The summed E-state index contributed by atoms with van der Waals surface area (Å²) in [5, 5.41) is 9.97. The number of nitrogens with zero attached hydrogens (tertiary/aromatic N) is 4. The zero-order chi connectivity index (χ0) is 23.9. The maximum atomic E-state index is 13.1. The predicted octanol–water partition coefficient (Wildman–Crippen LogP) is 5.17. The number of rotatable bonds is 9. The lowest BCUT2D eigenvalue weighted by molar-refractivity contribution is 0.121. The Labute approximate surface area is 208 Å². The number of hydrogen-bond acceptors (Lipinski definition) is 6. The van der Waals surface area contributed by atoms with E-state index >= 15 is 0 Å². The maximum Gasteiger partial charge on any atom is 0.228 e. The van der Waals surface area contributed by atoms with Crippen LogP contribution in [0.4, 0.5) is 10.3 Å². The summed E-state index contributed by atoms with van der Waals surface area (Å²) in [7, 11) is 0. The van der Waals surface area contributed by atoms with Gasteiger partial charge in [-0.05, 0) is 41.0 Å². The third-order valence-corrected chi connectivity index (χ3v) is 6.82. The molecule has 1 fully saturated rings. The minimum absolute atomic E-state index is 0.243. The van der Waals surface area contributed by atoms with E-state index in [1.807, 2.05) is 18.2 Å². The standard InChI is InChI=1S/C27H27FN4O2S/c28-24-10-6-22(7-11-24)19-34-25-12-8-23(9-13-25)20-35-27-30-29-26(31-14-16-33-17-15-31)32(27)18-21-4-2-1-3-5-21/h1-13H,14-20H2. The summed E-state index contributed by atoms with van der Waals surface area (Å²) in [6, 6.07) is 24.8. The molecule has 1 aromatic heterocycles. The largest absolute Gasteiger partial charge is 0.489 e. The number of morpholine rings is 1. The molecular formula is C27H27FN4O2S. The summed E-state index contributed by atoms with van der Waals surface area (Å²) in [6.07, 6.45) is 0. The highest BCUT2D eigenvalue weighted by molar-refractivity contribution is 7.98. The smallest absolute Gasteiger partial charge is 0.228 e. The van der Waals surface area contributed by atoms with Crippen molar-refractivity contribution in [2.24, 2.45) is 0 Å². The van der Waals surface area contributed by atoms with Crippen LogP contribution < -0.4 is 9.64 Å². The van der Waals surface area contributed by atoms with E-state index < -0.39 is 0 Å². The molecule has 1 aliphatic rings. The van der Waals surface area contributed by atoms with Gasteiger partial charge in [-0.2, -0.15) is 0 Å². The number of anilines is 1. The first-order chi connectivity index (χ1) is 17.2. The molecule has 4 aromatic rings. The molecule has 1 aliphatic heterocycles. The van der Waals surface area contributed by atoms with Crippen LogP contribution in [0.25, 0.3) is 0 Å². The SMILES string of the molecule is Fc1ccc(COc2ccc(CSc3nnc(N4CCOCC4)n3Cc3ccccc3)cc2)cc1. The molecular weight excluding hydrogens is 463 g/mol. The molecule has 0 amide bonds. The molecule has 0 radical (unpaired) electrons. The van der Waals surface area contributed by atoms with Crippen LogP contribution in [0.3, 0.4) is 0 Å². The number of thioether (sulfide) groups is 1. The quantitative estimate of drug-likeness (QED) is 0.302. The van der Waals surface area contributed by atoms with Gasteiger partial charge in [0.1, 0.15) is 18.2 Å². The van der Waals surface area contributed by atoms with Gasteiger partial charge in [-0.1, -0.05) is 66.4 Å². The van der Waals surface area contributed by atoms with E-state index in [0.717, 1.165) is 47.8 Å². The lowest BCUT2D eigenvalue weighted by atomic mass is 10.2. The summed E-state index contributed by atoms with van der Waals surface area (Å²) in [4.78, 5) is 2.25. The molecule has 6 nitrogen and oxygen atoms in total. The van der Waals surface area contributed by atoms with Crippen molar-refractivity contribution >= 4 is 17.7 Å². The summed E-state index contributed by atoms with van der Waals surface area (Å²) >= 11 is 1.68. The molecule has 0 unspecified atom stereocenters. The Morgan fingerprint density at radius 1 is 0.829 bits per heavy atom. The summed E-state index contributed by atoms with van der Waals surface area (Å²) < 4.78 is 26.6. The Hall–Kier alpha value is -3.36. The zero-order valence-corrected chi connectivity index (χ0v) is 20.2. The van der Waals surface area contributed by atoms with Crippen LogP contribution in [0.5, 0.6) is 5.75 Å². The Morgan fingerprint density at radius 3 is 2.29 bits per heavy atom. The van der Waals surface area contributed by atoms with Crippen molar-refractivity contribution in [3.63, 3.8) is 0 Å². The summed E-state index contributed by atoms with van der Waals surface area (Å²) in [5.41, 5.74) is 3.32. The molecule has 5 rings (SSSR count). The number of aromatic nitrogens is 3. The van der Waals surface area contributed by atoms with Gasteiger partial charge in [0.05, 0.1) is 19.8 Å². The van der Waals surface area contributed by atoms with E-state index in [1.54, 1.807) is 23.9 Å². The summed E-state index contributed by atoms with van der Waals surface area (Å²) in [5.74, 6) is 2.20. The fraction of sp³-hybridized carbons (Fsp3) is 0.259. The number of ether oxygens (including phenoxy) is 2. The van der Waals surface area contributed by atoms with Crippen molar-refractivity contribution in [3.05, 3.63) is 101 Å². The van der Waals surface area contributed by atoms with Crippen LogP contribution in [0.2, 0.25) is 0 Å². The average Bonchev–Trinajstić information content (AvgIpc) is 3.31. The normalized spacial score (nSPS) is 13.7. The Bertz CT molecular complexity index is 1210. The monoisotopic (exact) mass is 490 g/mol. The Kier molecular flexibility index (Phi) is 7.60. The van der Waals surface area contributed by atoms with E-state index in [4.69, 9.17) is 9.47 Å². The van der Waals surface area contributed by atoms with E-state index in [-0.39, 0.29) is 5.82 Å². The number of benzene rings is 3. The molecule has 8 heteroatoms. The van der Waals surface area contributed by atoms with E-state index in [9.17, 15) is 4.39 Å². The van der Waals surface area contributed by atoms with Crippen LogP contribution in [0.1, 0.15) is 16.7 Å². The van der Waals surface area contributed by atoms with Gasteiger partial charge in [-0.3, -0.25) is 4.57 Å². The van der Waals surface area contributed by atoms with Gasteiger partial charge in [0.2, 0.25) is 5.95 Å². The molecule has 0 atom stereocenters. The number of hydrogen-bond donors (Lipinski definition) is 0. The molecule has 0 spiro atoms. The minimum Gasteiger partial charge on any atom is -0.489 e. The molecule has 0 saturated carbocycles. The molecule has 2 heterocycles. The highest BCUT2D eigenvalue weighted by Crippen LogP contribution is 2.27. The van der Waals surface area contributed by atoms with Crippen LogP contribution in [-0.4, -0.2) is 41.1 Å². The van der Waals surface area contributed by atoms with Crippen LogP contribution in [-0.2, 0) is 23.6 Å². The van der Waals surface area contributed by atoms with Gasteiger partial charge in [0.15, 0.2) is 5.16 Å². The number of halogens is 1. The lowest BCUT2D eigenvalue weighted by Crippen LogP contribution is -2.38. The van der Waals surface area contributed by atoms with Crippen molar-refractivity contribution < 1.29 is 13.9 Å². The van der Waals surface area contributed by atoms with Crippen molar-refractivity contribution in [1.29, 1.82) is 0 Å². The topological polar surface area (TPSA) is 52.4 Å². The minimum atomic E-state index is -0.243. The van der Waals surface area contributed by atoms with Gasteiger partial charge >= 0.3 is 0 Å². The Morgan fingerprint density at radius 2 is 1.54 bits per heavy atom. The molecule has 0 aliphatic carbocycles.